The summed E-state index contributed by atoms with van der Waals surface area (Å²) >= 11 is 0. The third-order valence-corrected chi connectivity index (χ3v) is 3.58. The molecule has 1 aromatic carbocycles. The predicted octanol–water partition coefficient (Wildman–Crippen LogP) is 1.53. The monoisotopic (exact) mass is 343 g/mol. The lowest BCUT2D eigenvalue weighted by Gasteiger charge is -2.15. The minimum atomic E-state index is -0.673. The van der Waals surface area contributed by atoms with Crippen molar-refractivity contribution in [2.24, 2.45) is 0 Å². The third kappa shape index (κ3) is 4.94. The molecule has 1 aromatic heterocycles. The molecule has 25 heavy (non-hydrogen) atoms. The van der Waals surface area contributed by atoms with Crippen LogP contribution in [0.4, 0.5) is 0 Å². The van der Waals surface area contributed by atoms with Crippen LogP contribution in [0, 0.1) is 0 Å². The van der Waals surface area contributed by atoms with Gasteiger partial charge in [0.25, 0.3) is 5.91 Å². The van der Waals surface area contributed by atoms with Gasteiger partial charge >= 0.3 is 0 Å². The average Bonchev–Trinajstić information content (AvgIpc) is 2.66. The highest BCUT2D eigenvalue weighted by atomic mass is 16.5. The minimum Gasteiger partial charge on any atom is -0.493 e. The number of amides is 2. The van der Waals surface area contributed by atoms with E-state index in [1.165, 1.54) is 6.20 Å². The van der Waals surface area contributed by atoms with E-state index in [2.05, 4.69) is 15.6 Å². The van der Waals surface area contributed by atoms with E-state index in [1.807, 2.05) is 6.07 Å². The number of methoxy groups -OCH3 is 2. The van der Waals surface area contributed by atoms with Crippen LogP contribution in [0.2, 0.25) is 0 Å². The Kier molecular flexibility index (Phi) is 6.33. The molecule has 2 N–H and O–H groups in total. The van der Waals surface area contributed by atoms with Crippen molar-refractivity contribution in [2.45, 2.75) is 19.5 Å². The maximum absolute atomic E-state index is 12.2. The molecule has 7 nitrogen and oxygen atoms in total. The van der Waals surface area contributed by atoms with Crippen LogP contribution in [-0.2, 0) is 11.3 Å². The molecule has 0 spiro atoms. The molecule has 2 amide bonds. The molecule has 2 rings (SSSR count). The van der Waals surface area contributed by atoms with Gasteiger partial charge < -0.3 is 20.1 Å². The van der Waals surface area contributed by atoms with Gasteiger partial charge in [-0.3, -0.25) is 14.6 Å². The van der Waals surface area contributed by atoms with Gasteiger partial charge in [-0.05, 0) is 36.8 Å². The van der Waals surface area contributed by atoms with Crippen molar-refractivity contribution in [2.75, 3.05) is 14.2 Å². The Labute approximate surface area is 146 Å². The van der Waals surface area contributed by atoms with Crippen LogP contribution < -0.4 is 20.1 Å². The Bertz CT molecular complexity index is 734. The van der Waals surface area contributed by atoms with Crippen LogP contribution in [0.25, 0.3) is 0 Å². The summed E-state index contributed by atoms with van der Waals surface area (Å²) in [4.78, 5) is 28.1. The van der Waals surface area contributed by atoms with Gasteiger partial charge in [-0.1, -0.05) is 6.07 Å². The van der Waals surface area contributed by atoms with Crippen molar-refractivity contribution in [1.29, 1.82) is 0 Å². The van der Waals surface area contributed by atoms with Crippen molar-refractivity contribution in [3.05, 3.63) is 53.9 Å². The van der Waals surface area contributed by atoms with Gasteiger partial charge in [0.2, 0.25) is 5.91 Å². The fraction of sp³-hybridized carbons (Fsp3) is 0.278. The fourth-order valence-electron chi connectivity index (χ4n) is 2.18. The summed E-state index contributed by atoms with van der Waals surface area (Å²) in [5.41, 5.74) is 1.26. The first-order valence-corrected chi connectivity index (χ1v) is 7.74. The molecule has 0 saturated carbocycles. The van der Waals surface area contributed by atoms with Crippen molar-refractivity contribution in [3.63, 3.8) is 0 Å². The molecule has 0 unspecified atom stereocenters. The normalized spacial score (nSPS) is 11.3. The van der Waals surface area contributed by atoms with Gasteiger partial charge in [0, 0.05) is 18.9 Å². The lowest BCUT2D eigenvalue weighted by Crippen LogP contribution is -2.44. The SMILES string of the molecule is COc1ccc(CNC(=O)[C@@H](C)NC(=O)c2cccnc2)cc1OC. The quantitative estimate of drug-likeness (QED) is 0.796. The van der Waals surface area contributed by atoms with E-state index >= 15 is 0 Å². The number of benzene rings is 1. The standard InChI is InChI=1S/C18H21N3O4/c1-12(21-18(23)14-5-4-8-19-11-14)17(22)20-10-13-6-7-15(24-2)16(9-13)25-3/h4-9,11-12H,10H2,1-3H3,(H,20,22)(H,21,23)/t12-/m1/s1. The van der Waals surface area contributed by atoms with Crippen LogP contribution in [0.3, 0.4) is 0 Å². The van der Waals surface area contributed by atoms with Crippen molar-refractivity contribution in [3.8, 4) is 11.5 Å². The number of hydrogen-bond acceptors (Lipinski definition) is 5. The Morgan fingerprint density at radius 1 is 1.16 bits per heavy atom. The smallest absolute Gasteiger partial charge is 0.253 e. The summed E-state index contributed by atoms with van der Waals surface area (Å²) < 4.78 is 10.4. The Morgan fingerprint density at radius 3 is 2.56 bits per heavy atom. The van der Waals surface area contributed by atoms with Crippen molar-refractivity contribution < 1.29 is 19.1 Å². The second kappa shape index (κ2) is 8.68. The highest BCUT2D eigenvalue weighted by Crippen LogP contribution is 2.27. The van der Waals surface area contributed by atoms with E-state index in [0.29, 0.717) is 23.6 Å². The number of aromatic nitrogens is 1. The lowest BCUT2D eigenvalue weighted by atomic mass is 10.2. The summed E-state index contributed by atoms with van der Waals surface area (Å²) in [6, 6.07) is 8.02. The van der Waals surface area contributed by atoms with E-state index in [4.69, 9.17) is 9.47 Å². The number of hydrogen-bond donors (Lipinski definition) is 2. The van der Waals surface area contributed by atoms with Crippen LogP contribution >= 0.6 is 0 Å². The van der Waals surface area contributed by atoms with Gasteiger partial charge in [-0.25, -0.2) is 0 Å². The molecule has 1 heterocycles. The average molecular weight is 343 g/mol. The molecule has 0 radical (unpaired) electrons. The molecule has 0 aliphatic rings. The molecule has 132 valence electrons. The first-order valence-electron chi connectivity index (χ1n) is 7.74. The van der Waals surface area contributed by atoms with Gasteiger partial charge in [-0.15, -0.1) is 0 Å². The lowest BCUT2D eigenvalue weighted by molar-refractivity contribution is -0.122. The second-order valence-corrected chi connectivity index (χ2v) is 5.34. The van der Waals surface area contributed by atoms with Gasteiger partial charge in [0.15, 0.2) is 11.5 Å². The maximum Gasteiger partial charge on any atom is 0.253 e. The molecule has 0 saturated heterocycles. The number of carbonyl (C=O) groups is 2. The summed E-state index contributed by atoms with van der Waals surface area (Å²) in [5.74, 6) is 0.579. The molecule has 1 atom stereocenters. The van der Waals surface area contributed by atoms with E-state index < -0.39 is 6.04 Å². The first kappa shape index (κ1) is 18.3. The topological polar surface area (TPSA) is 89.6 Å². The van der Waals surface area contributed by atoms with Gasteiger partial charge in [0.1, 0.15) is 6.04 Å². The number of carbonyl (C=O) groups excluding carboxylic acids is 2. The highest BCUT2D eigenvalue weighted by Gasteiger charge is 2.16. The largest absolute Gasteiger partial charge is 0.493 e. The fourth-order valence-corrected chi connectivity index (χ4v) is 2.18. The Balaban J connectivity index is 1.90. The van der Waals surface area contributed by atoms with Crippen LogP contribution in [-0.4, -0.2) is 37.1 Å². The van der Waals surface area contributed by atoms with E-state index in [9.17, 15) is 9.59 Å². The zero-order chi connectivity index (χ0) is 18.2. The number of nitrogens with zero attached hydrogens (tertiary/aromatic N) is 1. The zero-order valence-corrected chi connectivity index (χ0v) is 14.4. The van der Waals surface area contributed by atoms with E-state index in [1.54, 1.807) is 51.6 Å². The molecular formula is C18H21N3O4. The summed E-state index contributed by atoms with van der Waals surface area (Å²) in [7, 11) is 3.11. The number of nitrogens with one attached hydrogen (secondary N) is 2. The molecule has 7 heteroatoms. The van der Waals surface area contributed by atoms with Crippen LogP contribution in [0.1, 0.15) is 22.8 Å². The number of rotatable bonds is 7. The third-order valence-electron chi connectivity index (χ3n) is 3.58. The van der Waals surface area contributed by atoms with E-state index in [0.717, 1.165) is 5.56 Å². The maximum atomic E-state index is 12.2. The molecule has 0 fully saturated rings. The summed E-state index contributed by atoms with van der Waals surface area (Å²) in [6.45, 7) is 1.94. The zero-order valence-electron chi connectivity index (χ0n) is 14.4. The number of pyridine rings is 1. The van der Waals surface area contributed by atoms with Gasteiger partial charge in [-0.2, -0.15) is 0 Å². The van der Waals surface area contributed by atoms with Gasteiger partial charge in [0.05, 0.1) is 19.8 Å². The Hall–Kier alpha value is -3.09. The highest BCUT2D eigenvalue weighted by molar-refractivity contribution is 5.97. The first-order chi connectivity index (χ1) is 12.0. The number of ether oxygens (including phenoxy) is 2. The van der Waals surface area contributed by atoms with Crippen LogP contribution in [0.15, 0.2) is 42.7 Å². The minimum absolute atomic E-state index is 0.285. The molecule has 0 bridgehead atoms. The molecule has 2 aromatic rings. The second-order valence-electron chi connectivity index (χ2n) is 5.34. The molecule has 0 aliphatic heterocycles. The summed E-state index contributed by atoms with van der Waals surface area (Å²) in [5, 5.41) is 5.42. The summed E-state index contributed by atoms with van der Waals surface area (Å²) in [6.07, 6.45) is 3.03. The molecular weight excluding hydrogens is 322 g/mol. The van der Waals surface area contributed by atoms with E-state index in [-0.39, 0.29) is 11.8 Å². The predicted molar refractivity (Wildman–Crippen MR) is 92.6 cm³/mol. The van der Waals surface area contributed by atoms with Crippen molar-refractivity contribution >= 4 is 11.8 Å². The Morgan fingerprint density at radius 2 is 1.92 bits per heavy atom. The molecule has 0 aliphatic carbocycles. The van der Waals surface area contributed by atoms with Crippen molar-refractivity contribution in [1.82, 2.24) is 15.6 Å². The van der Waals surface area contributed by atoms with Crippen LogP contribution in [0.5, 0.6) is 11.5 Å².